The minimum atomic E-state index is -0.180. The van der Waals surface area contributed by atoms with E-state index in [-0.39, 0.29) is 42.9 Å². The number of nitrogens with two attached hydrogens (primary N) is 1. The van der Waals surface area contributed by atoms with Crippen LogP contribution >= 0.6 is 36.4 Å². The molecule has 27 heavy (non-hydrogen) atoms. The van der Waals surface area contributed by atoms with E-state index in [1.165, 1.54) is 7.11 Å². The quantitative estimate of drug-likeness (QED) is 0.633. The zero-order chi connectivity index (χ0) is 18.4. The van der Waals surface area contributed by atoms with Gasteiger partial charge in [0.15, 0.2) is 0 Å². The van der Waals surface area contributed by atoms with Gasteiger partial charge in [0.1, 0.15) is 5.75 Å². The van der Waals surface area contributed by atoms with Crippen molar-refractivity contribution in [1.29, 1.82) is 0 Å². The van der Waals surface area contributed by atoms with Crippen LogP contribution in [-0.4, -0.2) is 56.3 Å². The number of anilines is 1. The smallest absolute Gasteiger partial charge is 0.255 e. The lowest BCUT2D eigenvalue weighted by molar-refractivity contribution is 0.0520. The third-order valence-electron chi connectivity index (χ3n) is 4.34. The summed E-state index contributed by atoms with van der Waals surface area (Å²) in [6.07, 6.45) is 2.09. The number of hydrogen-bond donors (Lipinski definition) is 2. The summed E-state index contributed by atoms with van der Waals surface area (Å²) in [7, 11) is 1.51. The van der Waals surface area contributed by atoms with Crippen molar-refractivity contribution >= 4 is 48.0 Å². The normalized spacial score (nSPS) is 15.0. The Bertz CT molecular complexity index is 595. The maximum absolute atomic E-state index is 12.6. The van der Waals surface area contributed by atoms with E-state index in [1.807, 2.05) is 13.8 Å². The molecule has 0 aliphatic carbocycles. The molecule has 1 saturated heterocycles. The van der Waals surface area contributed by atoms with Crippen LogP contribution in [0.2, 0.25) is 5.02 Å². The second-order valence-corrected chi connectivity index (χ2v) is 6.99. The second kappa shape index (κ2) is 12.5. The predicted molar refractivity (Wildman–Crippen MR) is 115 cm³/mol. The molecule has 2 rings (SSSR count). The van der Waals surface area contributed by atoms with E-state index in [2.05, 4.69) is 10.2 Å². The van der Waals surface area contributed by atoms with E-state index in [9.17, 15) is 4.79 Å². The molecule has 0 radical (unpaired) electrons. The molecule has 1 aliphatic rings. The highest BCUT2D eigenvalue weighted by molar-refractivity contribution is 6.33. The number of likely N-dealkylation sites (tertiary alicyclic amines) is 1. The Hall–Kier alpha value is -0.920. The van der Waals surface area contributed by atoms with Crippen LogP contribution in [0.4, 0.5) is 5.69 Å². The standard InChI is InChI=1S/C18H28ClN3O3.2ClH/c1-12(2)25-9-8-22-6-4-13(5-7-22)21-18(23)14-10-15(19)16(20)11-17(14)24-3;;/h10-13H,4-9,20H2,1-3H3,(H,21,23);2*1H. The van der Waals surface area contributed by atoms with Crippen LogP contribution in [0, 0.1) is 0 Å². The number of hydrogen-bond acceptors (Lipinski definition) is 5. The zero-order valence-corrected chi connectivity index (χ0v) is 18.4. The first-order valence-electron chi connectivity index (χ1n) is 8.68. The number of nitrogen functional groups attached to an aromatic ring is 1. The van der Waals surface area contributed by atoms with Crippen molar-refractivity contribution in [3.8, 4) is 5.75 Å². The second-order valence-electron chi connectivity index (χ2n) is 6.58. The number of nitrogens with zero attached hydrogens (tertiary/aromatic N) is 1. The van der Waals surface area contributed by atoms with Crippen LogP contribution in [0.1, 0.15) is 37.0 Å². The Labute approximate surface area is 178 Å². The van der Waals surface area contributed by atoms with Gasteiger partial charge in [0.25, 0.3) is 5.91 Å². The first-order chi connectivity index (χ1) is 11.9. The van der Waals surface area contributed by atoms with Gasteiger partial charge in [0.05, 0.1) is 36.1 Å². The van der Waals surface area contributed by atoms with Gasteiger partial charge in [0, 0.05) is 31.7 Å². The van der Waals surface area contributed by atoms with Crippen LogP contribution in [0.5, 0.6) is 5.75 Å². The lowest BCUT2D eigenvalue weighted by Crippen LogP contribution is -2.45. The van der Waals surface area contributed by atoms with E-state index in [4.69, 9.17) is 26.8 Å². The third kappa shape index (κ3) is 7.92. The van der Waals surface area contributed by atoms with E-state index < -0.39 is 0 Å². The predicted octanol–water partition coefficient (Wildman–Crippen LogP) is 3.39. The number of methoxy groups -OCH3 is 1. The molecule has 0 unspecified atom stereocenters. The maximum atomic E-state index is 12.6. The number of piperidine rings is 1. The fourth-order valence-corrected chi connectivity index (χ4v) is 3.06. The number of halogens is 3. The van der Waals surface area contributed by atoms with Crippen LogP contribution < -0.4 is 15.8 Å². The molecule has 0 aromatic heterocycles. The maximum Gasteiger partial charge on any atom is 0.255 e. The average molecular weight is 443 g/mol. The molecule has 1 aromatic rings. The van der Waals surface area contributed by atoms with Crippen LogP contribution in [0.15, 0.2) is 12.1 Å². The lowest BCUT2D eigenvalue weighted by Gasteiger charge is -2.32. The highest BCUT2D eigenvalue weighted by Gasteiger charge is 2.23. The van der Waals surface area contributed by atoms with Crippen molar-refractivity contribution in [3.63, 3.8) is 0 Å². The monoisotopic (exact) mass is 441 g/mol. The number of nitrogens with one attached hydrogen (secondary N) is 1. The van der Waals surface area contributed by atoms with Gasteiger partial charge in [-0.05, 0) is 32.8 Å². The number of benzene rings is 1. The Morgan fingerprint density at radius 3 is 2.52 bits per heavy atom. The Balaban J connectivity index is 0.00000338. The Morgan fingerprint density at radius 2 is 1.96 bits per heavy atom. The number of carbonyl (C=O) groups is 1. The first kappa shape index (κ1) is 26.1. The molecule has 0 atom stereocenters. The molecule has 9 heteroatoms. The summed E-state index contributed by atoms with van der Waals surface area (Å²) >= 11 is 6.04. The van der Waals surface area contributed by atoms with Crippen LogP contribution in [0.25, 0.3) is 0 Å². The van der Waals surface area contributed by atoms with E-state index >= 15 is 0 Å². The van der Waals surface area contributed by atoms with Crippen LogP contribution in [0.3, 0.4) is 0 Å². The van der Waals surface area contributed by atoms with Crippen molar-refractivity contribution in [2.24, 2.45) is 0 Å². The molecular weight excluding hydrogens is 413 g/mol. The van der Waals surface area contributed by atoms with E-state index in [0.717, 1.165) is 39.1 Å². The van der Waals surface area contributed by atoms with E-state index in [1.54, 1.807) is 12.1 Å². The van der Waals surface area contributed by atoms with Gasteiger partial charge in [-0.1, -0.05) is 11.6 Å². The number of amides is 1. The molecule has 1 aliphatic heterocycles. The largest absolute Gasteiger partial charge is 0.496 e. The summed E-state index contributed by atoms with van der Waals surface area (Å²) < 4.78 is 10.8. The first-order valence-corrected chi connectivity index (χ1v) is 9.06. The molecule has 1 fully saturated rings. The molecule has 0 spiro atoms. The van der Waals surface area contributed by atoms with Crippen molar-refractivity contribution in [3.05, 3.63) is 22.7 Å². The van der Waals surface area contributed by atoms with Crippen molar-refractivity contribution < 1.29 is 14.3 Å². The van der Waals surface area contributed by atoms with Crippen molar-refractivity contribution in [2.75, 3.05) is 39.1 Å². The molecule has 0 saturated carbocycles. The van der Waals surface area contributed by atoms with Gasteiger partial charge in [0.2, 0.25) is 0 Å². The van der Waals surface area contributed by atoms with Gasteiger partial charge in [-0.15, -0.1) is 24.8 Å². The molecule has 6 nitrogen and oxygen atoms in total. The minimum absolute atomic E-state index is 0. The molecule has 1 heterocycles. The molecular formula is C18H30Cl3N3O3. The van der Waals surface area contributed by atoms with Gasteiger partial charge in [-0.3, -0.25) is 4.79 Å². The summed E-state index contributed by atoms with van der Waals surface area (Å²) in [5.41, 5.74) is 6.57. The fourth-order valence-electron chi connectivity index (χ4n) is 2.90. The third-order valence-corrected chi connectivity index (χ3v) is 4.67. The van der Waals surface area contributed by atoms with E-state index in [0.29, 0.717) is 22.0 Å². The van der Waals surface area contributed by atoms with Gasteiger partial charge in [-0.25, -0.2) is 0 Å². The van der Waals surface area contributed by atoms with Gasteiger partial charge < -0.3 is 25.4 Å². The molecule has 1 amide bonds. The molecule has 1 aromatic carbocycles. The highest BCUT2D eigenvalue weighted by Crippen LogP contribution is 2.29. The molecule has 3 N–H and O–H groups in total. The Morgan fingerprint density at radius 1 is 1.33 bits per heavy atom. The van der Waals surface area contributed by atoms with Crippen LogP contribution in [-0.2, 0) is 4.74 Å². The fraction of sp³-hybridized carbons (Fsp3) is 0.611. The zero-order valence-electron chi connectivity index (χ0n) is 16.0. The Kier molecular flexibility index (Phi) is 12.1. The summed E-state index contributed by atoms with van der Waals surface area (Å²) in [5, 5.41) is 3.43. The number of ether oxygens (including phenoxy) is 2. The summed E-state index contributed by atoms with van der Waals surface area (Å²) in [5.74, 6) is 0.253. The van der Waals surface area contributed by atoms with Crippen molar-refractivity contribution in [2.45, 2.75) is 38.8 Å². The SMILES string of the molecule is COc1cc(N)c(Cl)cc1C(=O)NC1CCN(CCOC(C)C)CC1.Cl.Cl. The van der Waals surface area contributed by atoms with Crippen molar-refractivity contribution in [1.82, 2.24) is 10.2 Å². The average Bonchev–Trinajstić information content (AvgIpc) is 2.58. The topological polar surface area (TPSA) is 76.8 Å². The van der Waals surface area contributed by atoms with Gasteiger partial charge >= 0.3 is 0 Å². The summed E-state index contributed by atoms with van der Waals surface area (Å²) in [6.45, 7) is 7.66. The van der Waals surface area contributed by atoms with Gasteiger partial charge in [-0.2, -0.15) is 0 Å². The summed E-state index contributed by atoms with van der Waals surface area (Å²) in [6, 6.07) is 3.29. The molecule has 156 valence electrons. The number of rotatable bonds is 7. The minimum Gasteiger partial charge on any atom is -0.496 e. The number of carbonyl (C=O) groups excluding carboxylic acids is 1. The summed E-state index contributed by atoms with van der Waals surface area (Å²) in [4.78, 5) is 14.9. The lowest BCUT2D eigenvalue weighted by atomic mass is 10.0. The molecule has 0 bridgehead atoms. The highest BCUT2D eigenvalue weighted by atomic mass is 35.5.